The molecule has 15 aliphatic rings. The van der Waals surface area contributed by atoms with E-state index >= 15 is 0 Å². The van der Waals surface area contributed by atoms with E-state index < -0.39 is 43.6 Å². The van der Waals surface area contributed by atoms with Crippen molar-refractivity contribution in [3.63, 3.8) is 0 Å². The van der Waals surface area contributed by atoms with Gasteiger partial charge in [0.05, 0.1) is 50.2 Å². The number of primary amides is 1. The van der Waals surface area contributed by atoms with Gasteiger partial charge in [0, 0.05) is 34.5 Å². The van der Waals surface area contributed by atoms with Gasteiger partial charge in [-0.3, -0.25) is 38.4 Å². The first-order chi connectivity index (χ1) is 56.5. The van der Waals surface area contributed by atoms with Crippen LogP contribution in [0.3, 0.4) is 0 Å². The van der Waals surface area contributed by atoms with E-state index in [-0.39, 0.29) is 138 Å². The Labute approximate surface area is 751 Å². The highest BCUT2D eigenvalue weighted by atomic mass is 32.2. The van der Waals surface area contributed by atoms with E-state index in [0.29, 0.717) is 48.3 Å². The number of nitrogens with two attached hydrogens (primary N) is 1. The number of ether oxygens (including phenoxy) is 8. The van der Waals surface area contributed by atoms with E-state index in [9.17, 15) is 51.6 Å². The fraction of sp³-hybridized carbons (Fsp3) is 0.912. The average Bonchev–Trinajstić information content (AvgIpc) is 1.51. The lowest BCUT2D eigenvalue weighted by Crippen LogP contribution is -2.62. The quantitative estimate of drug-likeness (QED) is 0.0734. The molecule has 2 amide bonds. The summed E-state index contributed by atoms with van der Waals surface area (Å²) in [5.74, 6) is 4.74. The van der Waals surface area contributed by atoms with Gasteiger partial charge in [0.2, 0.25) is 15.9 Å². The maximum atomic E-state index is 12.9. The maximum absolute atomic E-state index is 12.9. The number of nitrogens with zero attached hydrogens (tertiary/aromatic N) is 1. The standard InChI is InChI=1S/C19H32O2.C17H27NO4.C16H27NO3S.C15H28O2.C14H20O4.C11H22O2.C10H20O2/c1-6-17(2,3)16(20)21-18(4,5)19-10-13-7-14(11-19)9-15(8-13)12-19;1-4-15(2,3)13(19)21-16-6-11-5-12(7-16)9-17(8-11,10-16)22-14(18)20;1-6-14(2,3)13(18)17-12-9-11-7-8-16(12,15(11,4)5)10-21(17,19)20;1-6-14(2,3)13(16)17-15(4,5)12-10-8-7-9-11-12;1-4-14(2,3)13(16)18-10-7-5-8-9(6-7)12(15)17-11(8)10;1-7-10(3,4)9(12)13-11(5,6)8-2;1-7-10(5,6)8(11)12-9(2,3)4/h13-15H,6-12H2,1-5H3;11-12H,4-10H2,1-3H3,(H2,18,20);11-12H,6-10H2,1-5H3;12H,6-11H2,1-5H3;7-11H,4-6H2,1-3H3;7-8H2,1-6H3;7H2,1-6H3. The Bertz CT molecular complexity index is 3830. The number of esters is 7. The zero-order chi connectivity index (χ0) is 94.4. The fourth-order valence-corrected chi connectivity index (χ4v) is 25.2. The van der Waals surface area contributed by atoms with Crippen molar-refractivity contribution in [2.24, 2.45) is 119 Å². The van der Waals surface area contributed by atoms with Crippen LogP contribution >= 0.6 is 0 Å². The smallest absolute Gasteiger partial charge is 0.405 e. The normalized spacial score (nSPS) is 31.4. The molecule has 22 heteroatoms. The number of hydrogen-bond acceptors (Lipinski definition) is 19. The minimum absolute atomic E-state index is 0.00857. The van der Waals surface area contributed by atoms with Crippen molar-refractivity contribution in [2.45, 2.75) is 473 Å². The molecule has 0 radical (unpaired) electrons. The van der Waals surface area contributed by atoms with E-state index in [2.05, 4.69) is 48.5 Å². The molecule has 0 aromatic heterocycles. The second-order valence-corrected chi connectivity index (χ2v) is 50.6. The molecule has 2 aliphatic heterocycles. The van der Waals surface area contributed by atoms with Crippen molar-refractivity contribution >= 4 is 63.8 Å². The van der Waals surface area contributed by atoms with Gasteiger partial charge < -0.3 is 43.6 Å². The molecule has 0 aromatic carbocycles. The minimum atomic E-state index is -3.47. The Hall–Kier alpha value is -5.02. The van der Waals surface area contributed by atoms with Crippen molar-refractivity contribution in [2.75, 3.05) is 5.75 Å². The lowest BCUT2D eigenvalue weighted by molar-refractivity contribution is -0.224. The van der Waals surface area contributed by atoms with Crippen LogP contribution in [0, 0.1) is 113 Å². The molecule has 1 spiro atoms. The number of sulfonamides is 1. The first kappa shape index (κ1) is 106. The summed E-state index contributed by atoms with van der Waals surface area (Å²) in [6.07, 6.45) is 29.7. The molecule has 124 heavy (non-hydrogen) atoms. The van der Waals surface area contributed by atoms with Gasteiger partial charge in [0.25, 0.3) is 0 Å². The van der Waals surface area contributed by atoms with Gasteiger partial charge >= 0.3 is 47.9 Å². The van der Waals surface area contributed by atoms with Gasteiger partial charge in [-0.25, -0.2) is 17.5 Å². The lowest BCUT2D eigenvalue weighted by Gasteiger charge is -2.61. The number of fused-ring (bicyclic) bond motifs is 2. The predicted octanol–water partition coefficient (Wildman–Crippen LogP) is 23.1. The minimum Gasteiger partial charge on any atom is -0.460 e. The van der Waals surface area contributed by atoms with E-state index in [1.54, 1.807) is 0 Å². The summed E-state index contributed by atoms with van der Waals surface area (Å²) >= 11 is 0. The fourth-order valence-electron chi connectivity index (χ4n) is 22.6. The Balaban J connectivity index is 0.000000201. The lowest BCUT2D eigenvalue weighted by atomic mass is 9.46. The first-order valence-corrected chi connectivity index (χ1v) is 50.3. The second-order valence-electron chi connectivity index (χ2n) is 48.7. The summed E-state index contributed by atoms with van der Waals surface area (Å²) in [5.41, 5.74) is 0.107. The number of carbonyl (C=O) groups is 9. The molecule has 13 aliphatic carbocycles. The molecule has 0 aromatic rings. The summed E-state index contributed by atoms with van der Waals surface area (Å²) < 4.78 is 72.0. The molecule has 10 atom stereocenters. The molecule has 714 valence electrons. The van der Waals surface area contributed by atoms with Crippen molar-refractivity contribution in [1.82, 2.24) is 4.31 Å². The number of hydrogen-bond donors (Lipinski definition) is 1. The van der Waals surface area contributed by atoms with Gasteiger partial charge in [0.1, 0.15) is 45.8 Å². The molecular weight excluding hydrogens is 1590 g/mol. The highest BCUT2D eigenvalue weighted by Gasteiger charge is 2.73. The van der Waals surface area contributed by atoms with Crippen LogP contribution in [0.2, 0.25) is 0 Å². The predicted molar refractivity (Wildman–Crippen MR) is 487 cm³/mol. The third kappa shape index (κ3) is 23.6. The monoisotopic (exact) mass is 1770 g/mol. The Kier molecular flexibility index (Phi) is 32.9. The largest absolute Gasteiger partial charge is 0.460 e. The molecule has 13 saturated carbocycles. The number of amides is 2. The van der Waals surface area contributed by atoms with Crippen LogP contribution < -0.4 is 5.73 Å². The molecule has 2 N–H and O–H groups in total. The van der Waals surface area contributed by atoms with Crippen LogP contribution in [0.15, 0.2) is 0 Å². The van der Waals surface area contributed by atoms with E-state index in [1.165, 1.54) is 74.9 Å². The van der Waals surface area contributed by atoms with Crippen molar-refractivity contribution in [3.8, 4) is 0 Å². The molecular formula is C102H176N2O19S. The van der Waals surface area contributed by atoms with Crippen molar-refractivity contribution in [1.29, 1.82) is 0 Å². The summed E-state index contributed by atoms with van der Waals surface area (Å²) in [6, 6.07) is -0.102. The van der Waals surface area contributed by atoms with E-state index in [4.69, 9.17) is 43.6 Å². The summed E-state index contributed by atoms with van der Waals surface area (Å²) in [5, 5.41) is 0. The average molecular weight is 1770 g/mol. The summed E-state index contributed by atoms with van der Waals surface area (Å²) in [6.45, 7) is 65.4. The van der Waals surface area contributed by atoms with E-state index in [1.807, 2.05) is 180 Å². The van der Waals surface area contributed by atoms with Gasteiger partial charge in [0.15, 0.2) is 0 Å². The van der Waals surface area contributed by atoms with Gasteiger partial charge in [-0.1, -0.05) is 102 Å². The first-order valence-electron chi connectivity index (χ1n) is 48.7. The van der Waals surface area contributed by atoms with Crippen LogP contribution in [0.5, 0.6) is 0 Å². The molecule has 12 bridgehead atoms. The summed E-state index contributed by atoms with van der Waals surface area (Å²) in [4.78, 5) is 108. The Morgan fingerprint density at radius 3 is 1.30 bits per heavy atom. The van der Waals surface area contributed by atoms with Crippen LogP contribution in [-0.4, -0.2) is 124 Å². The maximum Gasteiger partial charge on any atom is 0.405 e. The number of carbonyl (C=O) groups excluding carboxylic acids is 9. The van der Waals surface area contributed by atoms with Gasteiger partial charge in [-0.15, -0.1) is 0 Å². The third-order valence-electron chi connectivity index (χ3n) is 34.2. The van der Waals surface area contributed by atoms with E-state index in [0.717, 1.165) is 127 Å². The number of rotatable bonds is 23. The Morgan fingerprint density at radius 1 is 0.460 bits per heavy atom. The van der Waals surface area contributed by atoms with Crippen LogP contribution in [0.25, 0.3) is 0 Å². The van der Waals surface area contributed by atoms with Crippen molar-refractivity contribution in [3.05, 3.63) is 0 Å². The summed E-state index contributed by atoms with van der Waals surface area (Å²) in [7, 11) is -3.47. The third-order valence-corrected chi connectivity index (χ3v) is 36.1. The Morgan fingerprint density at radius 2 is 0.871 bits per heavy atom. The molecule has 15 rings (SSSR count). The van der Waals surface area contributed by atoms with Crippen LogP contribution in [0.4, 0.5) is 4.79 Å². The second kappa shape index (κ2) is 38.4. The van der Waals surface area contributed by atoms with Gasteiger partial charge in [-0.05, 0) is 359 Å². The molecule has 15 fully saturated rings. The molecule has 10 unspecified atom stereocenters. The highest BCUT2D eigenvalue weighted by molar-refractivity contribution is 7.90. The topological polar surface area (TPSA) is 291 Å². The van der Waals surface area contributed by atoms with Crippen LogP contribution in [0.1, 0.15) is 421 Å². The molecule has 2 heterocycles. The zero-order valence-corrected chi connectivity index (χ0v) is 84.9. The molecule has 2 saturated heterocycles. The van der Waals surface area contributed by atoms with Gasteiger partial charge in [-0.2, -0.15) is 0 Å². The highest BCUT2D eigenvalue weighted by Crippen LogP contribution is 2.71. The van der Waals surface area contributed by atoms with Crippen molar-refractivity contribution < 1.29 is 89.5 Å². The zero-order valence-electron chi connectivity index (χ0n) is 84.1. The SMILES string of the molecule is CCC(C)(C)C(=O)N1C2CC3CCC2(CS1(=O)=O)C3(C)C.CCC(C)(C)C(=O)OC(C)(C)C.CCC(C)(C)C(=O)OC(C)(C)C12CC3CC(CC(C3)C1)C2.CCC(C)(C)C(=O)OC(C)(C)C1CCCCC1.CCC(C)(C)C(=O)OC12CC3CC(CC(OC(N)=O)(C3)C1)C2.CCC(C)(C)C(=O)OC1C2CC3C(=O)OC1C3C2.CCC(C)(C)OC(=O)C(C)(C)CC. The van der Waals surface area contributed by atoms with Crippen LogP contribution in [-0.2, 0) is 86.3 Å². The molecule has 21 nitrogen and oxygen atoms in total.